The number of hydrogen-bond acceptors (Lipinski definition) is 7. The highest BCUT2D eigenvalue weighted by Crippen LogP contribution is 2.34. The number of rotatable bonds is 3. The molecule has 152 valence electrons. The molecule has 9 heteroatoms. The molecule has 6 rings (SSSR count). The second kappa shape index (κ2) is 6.70. The van der Waals surface area contributed by atoms with Gasteiger partial charge < -0.3 is 19.3 Å². The van der Waals surface area contributed by atoms with Crippen LogP contribution in [-0.4, -0.2) is 75.9 Å². The summed E-state index contributed by atoms with van der Waals surface area (Å²) in [5, 5.41) is 12.2. The Kier molecular flexibility index (Phi) is 3.98. The summed E-state index contributed by atoms with van der Waals surface area (Å²) in [5.41, 5.74) is 2.94. The molecular formula is C20H25N7O2. The number of H-pyrrole nitrogens is 1. The first-order chi connectivity index (χ1) is 14.3. The SMILES string of the molecule is C[C@@H]1COCCN1c1cc(N2CC3CCC(C2)O3)nn2c(-c3cc[nH]n3)ncc12. The van der Waals surface area contributed by atoms with Crippen molar-refractivity contribution >= 4 is 17.0 Å². The molecule has 2 bridgehead atoms. The molecule has 0 aliphatic carbocycles. The molecule has 3 aliphatic heterocycles. The third-order valence-electron chi connectivity index (χ3n) is 6.24. The van der Waals surface area contributed by atoms with Crippen LogP contribution in [0.5, 0.6) is 0 Å². The molecular weight excluding hydrogens is 370 g/mol. The Bertz CT molecular complexity index is 1010. The molecule has 1 N–H and O–H groups in total. The van der Waals surface area contributed by atoms with E-state index in [1.54, 1.807) is 0 Å². The van der Waals surface area contributed by atoms with Crippen molar-refractivity contribution in [3.05, 3.63) is 24.5 Å². The first-order valence-electron chi connectivity index (χ1n) is 10.4. The fourth-order valence-corrected chi connectivity index (χ4v) is 4.78. The fourth-order valence-electron chi connectivity index (χ4n) is 4.78. The molecule has 0 aromatic carbocycles. The van der Waals surface area contributed by atoms with Gasteiger partial charge in [-0.3, -0.25) is 5.10 Å². The maximum atomic E-state index is 6.04. The third-order valence-corrected chi connectivity index (χ3v) is 6.24. The number of imidazole rings is 1. The molecule has 0 radical (unpaired) electrons. The number of nitrogens with zero attached hydrogens (tertiary/aromatic N) is 6. The summed E-state index contributed by atoms with van der Waals surface area (Å²) in [5.74, 6) is 1.72. The van der Waals surface area contributed by atoms with Crippen LogP contribution in [0.3, 0.4) is 0 Å². The number of aromatic nitrogens is 5. The van der Waals surface area contributed by atoms with Crippen LogP contribution < -0.4 is 9.80 Å². The number of anilines is 2. The van der Waals surface area contributed by atoms with E-state index in [1.807, 2.05) is 23.0 Å². The predicted octanol–water partition coefficient (Wildman–Crippen LogP) is 1.71. The molecule has 9 nitrogen and oxygen atoms in total. The monoisotopic (exact) mass is 395 g/mol. The van der Waals surface area contributed by atoms with Crippen LogP contribution >= 0.6 is 0 Å². The second-order valence-electron chi connectivity index (χ2n) is 8.21. The summed E-state index contributed by atoms with van der Waals surface area (Å²) in [6.07, 6.45) is 6.61. The summed E-state index contributed by atoms with van der Waals surface area (Å²) < 4.78 is 13.7. The van der Waals surface area contributed by atoms with Crippen LogP contribution in [-0.2, 0) is 9.47 Å². The molecule has 6 heterocycles. The van der Waals surface area contributed by atoms with Crippen LogP contribution in [0.1, 0.15) is 19.8 Å². The number of hydrogen-bond donors (Lipinski definition) is 1. The van der Waals surface area contributed by atoms with Gasteiger partial charge in [-0.15, -0.1) is 5.10 Å². The van der Waals surface area contributed by atoms with E-state index in [0.717, 1.165) is 74.2 Å². The highest BCUT2D eigenvalue weighted by atomic mass is 16.5. The zero-order valence-corrected chi connectivity index (χ0v) is 16.5. The minimum absolute atomic E-state index is 0.299. The number of aromatic amines is 1. The Labute approximate surface area is 168 Å². The van der Waals surface area contributed by atoms with Crippen molar-refractivity contribution in [2.75, 3.05) is 42.6 Å². The van der Waals surface area contributed by atoms with Crippen molar-refractivity contribution in [1.29, 1.82) is 0 Å². The molecule has 3 aliphatic rings. The summed E-state index contributed by atoms with van der Waals surface area (Å²) in [6.45, 7) is 6.30. The number of nitrogens with one attached hydrogen (secondary N) is 1. The van der Waals surface area contributed by atoms with Gasteiger partial charge in [-0.1, -0.05) is 0 Å². The van der Waals surface area contributed by atoms with Crippen molar-refractivity contribution in [3.63, 3.8) is 0 Å². The highest BCUT2D eigenvalue weighted by Gasteiger charge is 2.35. The molecule has 0 amide bonds. The zero-order chi connectivity index (χ0) is 19.4. The van der Waals surface area contributed by atoms with E-state index in [9.17, 15) is 0 Å². The van der Waals surface area contributed by atoms with Gasteiger partial charge in [0, 0.05) is 37.9 Å². The van der Waals surface area contributed by atoms with Crippen LogP contribution in [0.15, 0.2) is 24.5 Å². The molecule has 3 aromatic rings. The molecule has 3 saturated heterocycles. The Hall–Kier alpha value is -2.65. The molecule has 3 fully saturated rings. The van der Waals surface area contributed by atoms with E-state index < -0.39 is 0 Å². The van der Waals surface area contributed by atoms with Crippen LogP contribution in [0.2, 0.25) is 0 Å². The first kappa shape index (κ1) is 17.2. The van der Waals surface area contributed by atoms with E-state index in [2.05, 4.69) is 38.0 Å². The highest BCUT2D eigenvalue weighted by molar-refractivity contribution is 5.78. The average molecular weight is 395 g/mol. The lowest BCUT2D eigenvalue weighted by Gasteiger charge is -2.37. The largest absolute Gasteiger partial charge is 0.377 e. The van der Waals surface area contributed by atoms with Gasteiger partial charge in [0.2, 0.25) is 0 Å². The van der Waals surface area contributed by atoms with E-state index in [1.165, 1.54) is 0 Å². The number of morpholine rings is 2. The summed E-state index contributed by atoms with van der Waals surface area (Å²) in [6, 6.07) is 4.44. The van der Waals surface area contributed by atoms with Gasteiger partial charge >= 0.3 is 0 Å². The van der Waals surface area contributed by atoms with E-state index in [0.29, 0.717) is 18.2 Å². The normalized spacial score (nSPS) is 27.1. The minimum atomic E-state index is 0.299. The molecule has 0 saturated carbocycles. The zero-order valence-electron chi connectivity index (χ0n) is 16.5. The smallest absolute Gasteiger partial charge is 0.182 e. The van der Waals surface area contributed by atoms with Crippen molar-refractivity contribution in [1.82, 2.24) is 24.8 Å². The van der Waals surface area contributed by atoms with Gasteiger partial charge in [0.05, 0.1) is 37.3 Å². The molecule has 0 spiro atoms. The Balaban J connectivity index is 1.50. The number of fused-ring (bicyclic) bond motifs is 3. The first-order valence-corrected chi connectivity index (χ1v) is 10.4. The average Bonchev–Trinajstić information content (AvgIpc) is 3.47. The van der Waals surface area contributed by atoms with Gasteiger partial charge in [-0.05, 0) is 25.8 Å². The van der Waals surface area contributed by atoms with Crippen LogP contribution in [0, 0.1) is 0 Å². The summed E-state index contributed by atoms with van der Waals surface area (Å²) in [4.78, 5) is 9.44. The standard InChI is InChI=1S/C20H25N7O2/c1-13-12-28-7-6-26(13)17-8-19(25-10-14-2-3-15(11-25)29-14)24-27-18(17)9-21-20(27)16-4-5-22-23-16/h4-5,8-9,13-15H,2-3,6-7,10-12H2,1H3,(H,22,23)/t13-,14?,15?/m1/s1. The van der Waals surface area contributed by atoms with Gasteiger partial charge in [-0.2, -0.15) is 5.10 Å². The quantitative estimate of drug-likeness (QED) is 0.723. The summed E-state index contributed by atoms with van der Waals surface area (Å²) in [7, 11) is 0. The minimum Gasteiger partial charge on any atom is -0.377 e. The third kappa shape index (κ3) is 2.87. The fraction of sp³-hybridized carbons (Fsp3) is 0.550. The second-order valence-corrected chi connectivity index (χ2v) is 8.21. The van der Waals surface area contributed by atoms with Gasteiger partial charge in [0.15, 0.2) is 11.6 Å². The van der Waals surface area contributed by atoms with Crippen molar-refractivity contribution < 1.29 is 9.47 Å². The molecule has 3 atom stereocenters. The molecule has 3 aromatic heterocycles. The topological polar surface area (TPSA) is 83.8 Å². The maximum Gasteiger partial charge on any atom is 0.182 e. The Morgan fingerprint density at radius 1 is 1.21 bits per heavy atom. The Morgan fingerprint density at radius 2 is 2.07 bits per heavy atom. The van der Waals surface area contributed by atoms with Gasteiger partial charge in [0.1, 0.15) is 11.2 Å². The molecule has 29 heavy (non-hydrogen) atoms. The van der Waals surface area contributed by atoms with E-state index in [-0.39, 0.29) is 0 Å². The molecule has 2 unspecified atom stereocenters. The van der Waals surface area contributed by atoms with E-state index >= 15 is 0 Å². The van der Waals surface area contributed by atoms with Gasteiger partial charge in [-0.25, -0.2) is 9.50 Å². The van der Waals surface area contributed by atoms with Crippen molar-refractivity contribution in [2.24, 2.45) is 0 Å². The van der Waals surface area contributed by atoms with Crippen LogP contribution in [0.4, 0.5) is 11.5 Å². The number of ether oxygens (including phenoxy) is 2. The lowest BCUT2D eigenvalue weighted by atomic mass is 10.2. The predicted molar refractivity (Wildman–Crippen MR) is 108 cm³/mol. The Morgan fingerprint density at radius 3 is 2.83 bits per heavy atom. The van der Waals surface area contributed by atoms with Crippen molar-refractivity contribution in [3.8, 4) is 11.5 Å². The van der Waals surface area contributed by atoms with Crippen LogP contribution in [0.25, 0.3) is 17.0 Å². The maximum absolute atomic E-state index is 6.04. The van der Waals surface area contributed by atoms with E-state index in [4.69, 9.17) is 14.6 Å². The van der Waals surface area contributed by atoms with Crippen molar-refractivity contribution in [2.45, 2.75) is 38.0 Å². The lowest BCUT2D eigenvalue weighted by molar-refractivity contribution is 0.0301. The lowest BCUT2D eigenvalue weighted by Crippen LogP contribution is -2.45. The van der Waals surface area contributed by atoms with Gasteiger partial charge in [0.25, 0.3) is 0 Å². The summed E-state index contributed by atoms with van der Waals surface area (Å²) >= 11 is 0.